The van der Waals surface area contributed by atoms with Crippen LogP contribution >= 0.6 is 0 Å². The fourth-order valence-corrected chi connectivity index (χ4v) is 5.76. The molecule has 0 spiro atoms. The van der Waals surface area contributed by atoms with Crippen LogP contribution in [-0.2, 0) is 44.9 Å². The van der Waals surface area contributed by atoms with Gasteiger partial charge in [0.2, 0.25) is 35.5 Å². The first-order chi connectivity index (χ1) is 30.1. The summed E-state index contributed by atoms with van der Waals surface area (Å²) in [6.45, 7) is 1.90. The largest absolute Gasteiger partial charge is 0.379 e. The van der Waals surface area contributed by atoms with E-state index in [4.69, 9.17) is 16.9 Å². The number of benzene rings is 1. The number of aromatic nitrogens is 4. The van der Waals surface area contributed by atoms with Crippen LogP contribution in [0.2, 0.25) is 0 Å². The molecule has 6 amide bonds. The maximum Gasteiger partial charge on any atom is 0.280 e. The SMILES string of the molecule is CC[C@H](NC(=O)CC[C@@H](C=O)NC(=O)c1ccc(NCc2cnc3nc(N)[nH]c(=O)c3n2)cc1)C(=O)N[C@@H](CCCNC(=N)N)C(=O)N[C@@H](CC=O)C(=O)N[C@@H](CC=O)C(=O)NC. The standard InChI is InChI=1S/C38H51N15O10/c1-3-24(33(60)49-25(5-4-14-43-37(39)40)34(61)51-27(13-16-55)35(62)50-26(12-15-54)32(59)42-2)48-28(57)11-10-22(19-56)47-31(58)20-6-8-21(9-7-20)44-17-23-18-45-30-29(46-23)36(63)53-38(41)52-30/h6-9,15-16,18-19,22,24-27,44H,3-5,10-14,17H2,1-2H3,(H,42,59)(H,47,58)(H,48,57)(H,49,60)(H,50,62)(H,51,61)(H4,39,40,43)(H3,41,45,52,53,63)/t22-,24-,25-,26-,27-/m0/s1. The van der Waals surface area contributed by atoms with Crippen molar-refractivity contribution in [2.45, 2.75) is 88.6 Å². The van der Waals surface area contributed by atoms with Gasteiger partial charge in [0.15, 0.2) is 17.1 Å². The number of nitrogens with one attached hydrogen (secondary N) is 10. The molecule has 25 nitrogen and oxygen atoms in total. The van der Waals surface area contributed by atoms with Crippen LogP contribution in [0.15, 0.2) is 35.3 Å². The third kappa shape index (κ3) is 15.9. The summed E-state index contributed by atoms with van der Waals surface area (Å²) in [6, 6.07) is -0.127. The first kappa shape index (κ1) is 49.5. The van der Waals surface area contributed by atoms with Crippen molar-refractivity contribution in [2.24, 2.45) is 5.73 Å². The number of nitrogens with two attached hydrogens (primary N) is 2. The molecular formula is C38H51N15O10. The van der Waals surface area contributed by atoms with Crippen LogP contribution in [-0.4, -0.2) is 124 Å². The molecule has 0 saturated heterocycles. The Bertz CT molecular complexity index is 2200. The summed E-state index contributed by atoms with van der Waals surface area (Å²) in [5, 5.41) is 27.6. The molecule has 0 bridgehead atoms. The number of aromatic amines is 1. The highest BCUT2D eigenvalue weighted by molar-refractivity contribution is 5.97. The molecule has 3 rings (SSSR count). The van der Waals surface area contributed by atoms with E-state index in [1.807, 2.05) is 0 Å². The molecule has 0 aliphatic carbocycles. The van der Waals surface area contributed by atoms with Crippen molar-refractivity contribution in [3.8, 4) is 0 Å². The lowest BCUT2D eigenvalue weighted by Gasteiger charge is -2.25. The Labute approximate surface area is 359 Å². The molecule has 5 atom stereocenters. The Morgan fingerprint density at radius 1 is 0.825 bits per heavy atom. The number of fused-ring (bicyclic) bond motifs is 1. The topological polar surface area (TPSA) is 397 Å². The van der Waals surface area contributed by atoms with Gasteiger partial charge in [-0.05, 0) is 49.9 Å². The van der Waals surface area contributed by atoms with Gasteiger partial charge in [-0.3, -0.25) is 44.0 Å². The molecule has 0 unspecified atom stereocenters. The number of guanidine groups is 1. The van der Waals surface area contributed by atoms with Gasteiger partial charge in [0.1, 0.15) is 43.0 Å². The van der Waals surface area contributed by atoms with E-state index in [1.54, 1.807) is 19.1 Å². The average Bonchev–Trinajstić information content (AvgIpc) is 3.26. The predicted molar refractivity (Wildman–Crippen MR) is 225 cm³/mol. The van der Waals surface area contributed by atoms with Gasteiger partial charge in [0.05, 0.1) is 24.5 Å². The molecule has 0 aliphatic heterocycles. The number of rotatable bonds is 26. The zero-order chi connectivity index (χ0) is 46.5. The van der Waals surface area contributed by atoms with Crippen molar-refractivity contribution in [3.63, 3.8) is 0 Å². The Kier molecular flexibility index (Phi) is 19.7. The van der Waals surface area contributed by atoms with E-state index < -0.39 is 77.6 Å². The first-order valence-electron chi connectivity index (χ1n) is 19.6. The summed E-state index contributed by atoms with van der Waals surface area (Å²) in [7, 11) is 1.29. The normalized spacial score (nSPS) is 13.0. The van der Waals surface area contributed by atoms with E-state index >= 15 is 0 Å². The van der Waals surface area contributed by atoms with Crippen LogP contribution in [0.1, 0.15) is 67.9 Å². The molecule has 14 N–H and O–H groups in total. The Hall–Kier alpha value is -7.86. The minimum Gasteiger partial charge on any atom is -0.379 e. The van der Waals surface area contributed by atoms with Gasteiger partial charge in [-0.2, -0.15) is 4.98 Å². The van der Waals surface area contributed by atoms with Crippen molar-refractivity contribution in [2.75, 3.05) is 24.6 Å². The second-order valence-corrected chi connectivity index (χ2v) is 13.8. The lowest BCUT2D eigenvalue weighted by Crippen LogP contribution is -2.58. The van der Waals surface area contributed by atoms with Crippen molar-refractivity contribution in [1.82, 2.24) is 57.2 Å². The van der Waals surface area contributed by atoms with Crippen LogP contribution in [0.5, 0.6) is 0 Å². The number of hydrogen-bond acceptors (Lipinski definition) is 16. The number of likely N-dealkylation sites (N-methyl/N-ethyl adjacent to an activating group) is 1. The molecule has 0 aliphatic rings. The lowest BCUT2D eigenvalue weighted by atomic mass is 10.1. The second-order valence-electron chi connectivity index (χ2n) is 13.8. The van der Waals surface area contributed by atoms with Crippen molar-refractivity contribution in [3.05, 3.63) is 52.1 Å². The number of anilines is 2. The molecule has 63 heavy (non-hydrogen) atoms. The lowest BCUT2D eigenvalue weighted by molar-refractivity contribution is -0.135. The van der Waals surface area contributed by atoms with Crippen molar-refractivity contribution in [1.29, 1.82) is 5.41 Å². The van der Waals surface area contributed by atoms with E-state index in [0.29, 0.717) is 30.2 Å². The number of carbonyl (C=O) groups excluding carboxylic acids is 9. The Morgan fingerprint density at radius 2 is 1.44 bits per heavy atom. The Morgan fingerprint density at radius 3 is 2.05 bits per heavy atom. The first-order valence-corrected chi connectivity index (χ1v) is 19.6. The van der Waals surface area contributed by atoms with Gasteiger partial charge in [-0.1, -0.05) is 6.92 Å². The fraction of sp³-hybridized carbons (Fsp3) is 0.421. The summed E-state index contributed by atoms with van der Waals surface area (Å²) >= 11 is 0. The maximum absolute atomic E-state index is 13.5. The van der Waals surface area contributed by atoms with Gasteiger partial charge in [0, 0.05) is 44.1 Å². The minimum absolute atomic E-state index is 0.0219. The van der Waals surface area contributed by atoms with E-state index in [1.165, 1.54) is 25.4 Å². The molecule has 338 valence electrons. The highest BCUT2D eigenvalue weighted by atomic mass is 16.2. The van der Waals surface area contributed by atoms with Crippen LogP contribution in [0.25, 0.3) is 11.2 Å². The van der Waals surface area contributed by atoms with Crippen LogP contribution < -0.4 is 59.6 Å². The maximum atomic E-state index is 13.5. The van der Waals surface area contributed by atoms with E-state index in [9.17, 15) is 47.9 Å². The number of nitrogen functional groups attached to an aromatic ring is 1. The highest BCUT2D eigenvalue weighted by Gasteiger charge is 2.31. The van der Waals surface area contributed by atoms with Gasteiger partial charge >= 0.3 is 0 Å². The number of H-pyrrole nitrogens is 1. The smallest absolute Gasteiger partial charge is 0.280 e. The zero-order valence-corrected chi connectivity index (χ0v) is 34.4. The molecule has 1 aromatic carbocycles. The number of carbonyl (C=O) groups is 9. The summed E-state index contributed by atoms with van der Waals surface area (Å²) in [5.41, 5.74) is 11.7. The van der Waals surface area contributed by atoms with Gasteiger partial charge in [-0.25, -0.2) is 9.97 Å². The molecule has 0 radical (unpaired) electrons. The fourth-order valence-electron chi connectivity index (χ4n) is 5.76. The summed E-state index contributed by atoms with van der Waals surface area (Å²) in [4.78, 5) is 139. The molecule has 0 saturated carbocycles. The van der Waals surface area contributed by atoms with Crippen LogP contribution in [0, 0.1) is 5.41 Å². The summed E-state index contributed by atoms with van der Waals surface area (Å²) < 4.78 is 0. The number of aldehydes is 3. The molecular weight excluding hydrogens is 827 g/mol. The van der Waals surface area contributed by atoms with Crippen LogP contribution in [0.3, 0.4) is 0 Å². The van der Waals surface area contributed by atoms with Gasteiger partial charge < -0.3 is 68.4 Å². The predicted octanol–water partition coefficient (Wildman–Crippen LogP) is -3.48. The highest BCUT2D eigenvalue weighted by Crippen LogP contribution is 2.13. The quantitative estimate of drug-likeness (QED) is 0.0161. The second kappa shape index (κ2) is 25.0. The minimum atomic E-state index is -1.50. The van der Waals surface area contributed by atoms with Crippen molar-refractivity contribution >= 4 is 83.1 Å². The molecule has 3 aromatic rings. The number of hydrogen-bond donors (Lipinski definition) is 12. The van der Waals surface area contributed by atoms with E-state index in [2.05, 4.69) is 62.5 Å². The molecule has 0 fully saturated rings. The summed E-state index contributed by atoms with van der Waals surface area (Å²) in [5.74, 6) is -4.98. The number of nitrogens with zero attached hydrogens (tertiary/aromatic N) is 3. The zero-order valence-electron chi connectivity index (χ0n) is 34.4. The van der Waals surface area contributed by atoms with Gasteiger partial charge in [0.25, 0.3) is 11.5 Å². The molecule has 2 heterocycles. The third-order valence-electron chi connectivity index (χ3n) is 9.12. The van der Waals surface area contributed by atoms with Gasteiger partial charge in [-0.15, -0.1) is 0 Å². The monoisotopic (exact) mass is 877 g/mol. The third-order valence-corrected chi connectivity index (χ3v) is 9.12. The average molecular weight is 878 g/mol. The molecule has 2 aromatic heterocycles. The number of amides is 6. The van der Waals surface area contributed by atoms with E-state index in [0.717, 1.165) is 0 Å². The van der Waals surface area contributed by atoms with Crippen LogP contribution in [0.4, 0.5) is 11.6 Å². The Balaban J connectivity index is 1.57. The summed E-state index contributed by atoms with van der Waals surface area (Å²) in [6.07, 6.45) is 1.55. The van der Waals surface area contributed by atoms with E-state index in [-0.39, 0.29) is 80.2 Å². The molecule has 25 heteroatoms. The van der Waals surface area contributed by atoms with Crippen molar-refractivity contribution < 1.29 is 43.2 Å².